The third-order valence-electron chi connectivity index (χ3n) is 8.98. The van der Waals surface area contributed by atoms with Gasteiger partial charge in [0.15, 0.2) is 5.88 Å². The van der Waals surface area contributed by atoms with Crippen LogP contribution in [0.25, 0.3) is 27.8 Å². The van der Waals surface area contributed by atoms with Crippen molar-refractivity contribution in [3.05, 3.63) is 119 Å². The van der Waals surface area contributed by atoms with Crippen molar-refractivity contribution >= 4 is 27.8 Å². The molecule has 8 rings (SSSR count). The second kappa shape index (κ2) is 11.4. The minimum atomic E-state index is -0.0338. The topological polar surface area (TPSA) is 74.4 Å². The fourth-order valence-electron chi connectivity index (χ4n) is 6.43. The van der Waals surface area contributed by atoms with Crippen LogP contribution in [0.3, 0.4) is 0 Å². The van der Waals surface area contributed by atoms with Crippen LogP contribution in [-0.4, -0.2) is 31.5 Å². The van der Waals surface area contributed by atoms with E-state index >= 15 is 0 Å². The van der Waals surface area contributed by atoms with Gasteiger partial charge in [-0.05, 0) is 80.1 Å². The number of hydrogen-bond acceptors (Lipinski definition) is 6. The van der Waals surface area contributed by atoms with Crippen LogP contribution in [-0.2, 0) is 43.1 Å². The average molecular weight is 801 g/mol. The maximum absolute atomic E-state index is 6.29. The summed E-state index contributed by atoms with van der Waals surface area (Å²) in [4.78, 5) is 19.1. The Balaban J connectivity index is 0.00000351. The maximum Gasteiger partial charge on any atom is 2.00 e. The minimum absolute atomic E-state index is 0. The molecule has 1 aliphatic carbocycles. The Bertz CT molecular complexity index is 2190. The molecule has 2 aromatic carbocycles. The van der Waals surface area contributed by atoms with E-state index < -0.39 is 0 Å². The Kier molecular flexibility index (Phi) is 7.59. The molecule has 0 radical (unpaired) electrons. The molecule has 2 aliphatic rings. The van der Waals surface area contributed by atoms with Crippen molar-refractivity contribution in [2.75, 3.05) is 0 Å². The quantitative estimate of drug-likeness (QED) is 0.168. The number of rotatable bonds is 4. The molecular formula is C39H35N5O2Pt. The zero-order valence-corrected chi connectivity index (χ0v) is 29.5. The van der Waals surface area contributed by atoms with Gasteiger partial charge in [-0.25, -0.2) is 9.97 Å². The van der Waals surface area contributed by atoms with Gasteiger partial charge in [0.1, 0.15) is 23.9 Å². The minimum Gasteiger partial charge on any atom is -0.528 e. The van der Waals surface area contributed by atoms with Crippen LogP contribution in [0.4, 0.5) is 0 Å². The van der Waals surface area contributed by atoms with Gasteiger partial charge in [0.2, 0.25) is 0 Å². The van der Waals surface area contributed by atoms with Gasteiger partial charge >= 0.3 is 21.1 Å². The van der Waals surface area contributed by atoms with Crippen molar-refractivity contribution in [1.29, 1.82) is 0 Å². The molecule has 0 fully saturated rings. The molecular weight excluding hydrogens is 766 g/mol. The number of hydrogen-bond donors (Lipinski definition) is 0. The Morgan fingerprint density at radius 1 is 0.851 bits per heavy atom. The van der Waals surface area contributed by atoms with E-state index in [2.05, 4.69) is 118 Å². The SMILES string of the molecule is CC(C)(C)c1ccnc(-n2c3[c-]c(Oc4[c-]c(C5=N[C@@H]6c7ccccc7C[C@@H]6O5)ccn4)cnc3c3cc(C(C)(C)C)ccc32)c1.[Pt+2]. The number of nitrogens with zero attached hydrogens (tertiary/aromatic N) is 5. The number of ether oxygens (including phenoxy) is 2. The van der Waals surface area contributed by atoms with Crippen LogP contribution >= 0.6 is 0 Å². The second-order valence-electron chi connectivity index (χ2n) is 14.2. The van der Waals surface area contributed by atoms with Gasteiger partial charge in [0, 0.05) is 23.9 Å². The van der Waals surface area contributed by atoms with Gasteiger partial charge in [-0.1, -0.05) is 77.9 Å². The normalized spacial score (nSPS) is 17.2. The summed E-state index contributed by atoms with van der Waals surface area (Å²) in [5.74, 6) is 2.10. The van der Waals surface area contributed by atoms with Crippen molar-refractivity contribution in [1.82, 2.24) is 19.5 Å². The molecule has 47 heavy (non-hydrogen) atoms. The van der Waals surface area contributed by atoms with Crippen LogP contribution in [0, 0.1) is 12.1 Å². The number of benzene rings is 2. The maximum atomic E-state index is 6.29. The standard InChI is InChI=1S/C39H35N5O2.Pt/c1-38(2,3)25-11-12-30-29(19-25)35-31(44(30)33-20-26(14-16-40-33)39(4,5)6)21-27(22-42-35)45-34-18-24(13-15-41-34)37-43-36-28-10-8-7-9-23(28)17-32(36)46-37;/h7-16,19-20,22,32,36H,17H2,1-6H3;/q-2;+2/t32-,36+;/m0./s1. The fourth-order valence-corrected chi connectivity index (χ4v) is 6.43. The summed E-state index contributed by atoms with van der Waals surface area (Å²) in [7, 11) is 0. The van der Waals surface area contributed by atoms with Crippen molar-refractivity contribution < 1.29 is 30.5 Å². The molecule has 5 heterocycles. The summed E-state index contributed by atoms with van der Waals surface area (Å²) in [5, 5.41) is 1.04. The second-order valence-corrected chi connectivity index (χ2v) is 14.2. The molecule has 8 heteroatoms. The summed E-state index contributed by atoms with van der Waals surface area (Å²) in [6, 6.07) is 27.8. The summed E-state index contributed by atoms with van der Waals surface area (Å²) < 4.78 is 14.7. The Morgan fingerprint density at radius 3 is 2.43 bits per heavy atom. The van der Waals surface area contributed by atoms with E-state index in [0.29, 0.717) is 23.1 Å². The summed E-state index contributed by atoms with van der Waals surface area (Å²) in [6.45, 7) is 13.3. The Labute approximate surface area is 289 Å². The van der Waals surface area contributed by atoms with Gasteiger partial charge in [0.25, 0.3) is 0 Å². The van der Waals surface area contributed by atoms with Crippen molar-refractivity contribution in [2.24, 2.45) is 4.99 Å². The zero-order chi connectivity index (χ0) is 31.8. The molecule has 238 valence electrons. The molecule has 0 N–H and O–H groups in total. The van der Waals surface area contributed by atoms with Crippen LogP contribution in [0.1, 0.15) is 75.4 Å². The molecule has 0 saturated carbocycles. The molecule has 2 atom stereocenters. The van der Waals surface area contributed by atoms with Crippen LogP contribution in [0.15, 0.2) is 84.2 Å². The van der Waals surface area contributed by atoms with Gasteiger partial charge in [0.05, 0.1) is 0 Å². The van der Waals surface area contributed by atoms with E-state index in [-0.39, 0.29) is 44.0 Å². The smallest absolute Gasteiger partial charge is 0.528 e. The Hall–Kier alpha value is -4.35. The Morgan fingerprint density at radius 2 is 1.62 bits per heavy atom. The average Bonchev–Trinajstić information content (AvgIpc) is 3.69. The van der Waals surface area contributed by atoms with Crippen LogP contribution in [0.5, 0.6) is 11.6 Å². The number of pyridine rings is 3. The van der Waals surface area contributed by atoms with E-state index in [1.54, 1.807) is 12.4 Å². The van der Waals surface area contributed by atoms with Crippen molar-refractivity contribution in [3.8, 4) is 17.4 Å². The molecule has 0 spiro atoms. The van der Waals surface area contributed by atoms with E-state index in [9.17, 15) is 0 Å². The van der Waals surface area contributed by atoms with Crippen LogP contribution in [0.2, 0.25) is 0 Å². The van der Waals surface area contributed by atoms with Crippen molar-refractivity contribution in [2.45, 2.75) is 70.9 Å². The third kappa shape index (κ3) is 5.55. The van der Waals surface area contributed by atoms with E-state index in [1.807, 2.05) is 12.3 Å². The monoisotopic (exact) mass is 800 g/mol. The molecule has 4 aromatic heterocycles. The first-order valence-corrected chi connectivity index (χ1v) is 15.8. The molecule has 0 saturated heterocycles. The first kappa shape index (κ1) is 31.3. The molecule has 0 unspecified atom stereocenters. The molecule has 6 aromatic rings. The van der Waals surface area contributed by atoms with Crippen molar-refractivity contribution in [3.63, 3.8) is 0 Å². The molecule has 7 nitrogen and oxygen atoms in total. The predicted octanol–water partition coefficient (Wildman–Crippen LogP) is 8.40. The predicted molar refractivity (Wildman–Crippen MR) is 180 cm³/mol. The van der Waals surface area contributed by atoms with Gasteiger partial charge in [-0.15, -0.1) is 23.8 Å². The molecule has 0 amide bonds. The first-order chi connectivity index (χ1) is 22.0. The summed E-state index contributed by atoms with van der Waals surface area (Å²) in [5.41, 5.74) is 8.25. The molecule has 1 aliphatic heterocycles. The molecule has 0 bridgehead atoms. The van der Waals surface area contributed by atoms with Gasteiger partial charge in [-0.2, -0.15) is 0 Å². The fraction of sp³-hybridized carbons (Fsp3) is 0.282. The largest absolute Gasteiger partial charge is 2.00 e. The first-order valence-electron chi connectivity index (χ1n) is 15.8. The van der Waals surface area contributed by atoms with Gasteiger partial charge < -0.3 is 24.0 Å². The van der Waals surface area contributed by atoms with Gasteiger partial charge in [-0.3, -0.25) is 0 Å². The third-order valence-corrected chi connectivity index (χ3v) is 8.98. The number of aromatic nitrogens is 4. The van der Waals surface area contributed by atoms with E-state index in [4.69, 9.17) is 24.4 Å². The summed E-state index contributed by atoms with van der Waals surface area (Å²) in [6.07, 6.45) is 6.11. The van der Waals surface area contributed by atoms with E-state index in [0.717, 1.165) is 34.2 Å². The zero-order valence-electron chi connectivity index (χ0n) is 27.2. The number of fused-ring (bicyclic) bond motifs is 6. The van der Waals surface area contributed by atoms with Crippen LogP contribution < -0.4 is 4.74 Å². The summed E-state index contributed by atoms with van der Waals surface area (Å²) >= 11 is 0. The van der Waals surface area contributed by atoms with E-state index in [1.165, 1.54) is 22.3 Å². The number of aliphatic imine (C=N–C) groups is 1.